The van der Waals surface area contributed by atoms with Gasteiger partial charge in [0.1, 0.15) is 0 Å². The van der Waals surface area contributed by atoms with E-state index in [0.29, 0.717) is 11.5 Å². The molecule has 2 heteroatoms. The average Bonchev–Trinajstić information content (AvgIpc) is 2.15. The summed E-state index contributed by atoms with van der Waals surface area (Å²) in [5, 5.41) is 8.70. The summed E-state index contributed by atoms with van der Waals surface area (Å²) >= 11 is 0. The summed E-state index contributed by atoms with van der Waals surface area (Å²) in [6.45, 7) is 4.34. The van der Waals surface area contributed by atoms with Gasteiger partial charge in [-0.25, -0.2) is 4.79 Å². The lowest BCUT2D eigenvalue weighted by atomic mass is 9.99. The van der Waals surface area contributed by atoms with Crippen LogP contribution in [0.15, 0.2) is 35.5 Å². The molecule has 76 valence electrons. The van der Waals surface area contributed by atoms with Gasteiger partial charge in [0.2, 0.25) is 0 Å². The van der Waals surface area contributed by atoms with Gasteiger partial charge in [-0.1, -0.05) is 32.1 Å². The number of rotatable bonds is 3. The second-order valence-electron chi connectivity index (χ2n) is 3.91. The van der Waals surface area contributed by atoms with Crippen LogP contribution in [-0.2, 0) is 4.79 Å². The summed E-state index contributed by atoms with van der Waals surface area (Å²) in [5.41, 5.74) is 1.61. The topological polar surface area (TPSA) is 37.3 Å². The van der Waals surface area contributed by atoms with Crippen molar-refractivity contribution in [2.45, 2.75) is 26.7 Å². The van der Waals surface area contributed by atoms with Crippen molar-refractivity contribution in [2.24, 2.45) is 5.92 Å². The number of hydrogen-bond acceptors (Lipinski definition) is 1. The van der Waals surface area contributed by atoms with Crippen LogP contribution in [0.3, 0.4) is 0 Å². The van der Waals surface area contributed by atoms with Gasteiger partial charge in [0.05, 0.1) is 5.57 Å². The summed E-state index contributed by atoms with van der Waals surface area (Å²) in [7, 11) is 0. The number of carboxylic acid groups (broad SMARTS) is 1. The van der Waals surface area contributed by atoms with Gasteiger partial charge >= 0.3 is 5.97 Å². The molecule has 0 saturated heterocycles. The Hall–Kier alpha value is -1.31. The molecule has 0 saturated carbocycles. The molecule has 1 aliphatic rings. The molecule has 0 atom stereocenters. The van der Waals surface area contributed by atoms with E-state index in [1.807, 2.05) is 6.08 Å². The van der Waals surface area contributed by atoms with E-state index < -0.39 is 5.97 Å². The molecule has 0 aliphatic heterocycles. The fourth-order valence-electron chi connectivity index (χ4n) is 1.26. The average molecular weight is 192 g/mol. The second kappa shape index (κ2) is 4.80. The summed E-state index contributed by atoms with van der Waals surface area (Å²) in [4.78, 5) is 10.6. The van der Waals surface area contributed by atoms with Crippen LogP contribution in [0.1, 0.15) is 26.7 Å². The minimum Gasteiger partial charge on any atom is -0.478 e. The van der Waals surface area contributed by atoms with Crippen molar-refractivity contribution in [3.8, 4) is 0 Å². The number of carboxylic acids is 1. The highest BCUT2D eigenvalue weighted by atomic mass is 16.4. The zero-order valence-electron chi connectivity index (χ0n) is 8.66. The van der Waals surface area contributed by atoms with Crippen molar-refractivity contribution in [1.82, 2.24) is 0 Å². The maximum absolute atomic E-state index is 10.6. The molecule has 0 fully saturated rings. The monoisotopic (exact) mass is 192 g/mol. The highest BCUT2D eigenvalue weighted by Gasteiger charge is 2.07. The molecule has 0 aromatic heterocycles. The molecule has 1 N–H and O–H groups in total. The van der Waals surface area contributed by atoms with Gasteiger partial charge in [-0.05, 0) is 30.4 Å². The largest absolute Gasteiger partial charge is 0.478 e. The van der Waals surface area contributed by atoms with Gasteiger partial charge in [0.25, 0.3) is 0 Å². The van der Waals surface area contributed by atoms with Crippen LogP contribution in [0.2, 0.25) is 0 Å². The quantitative estimate of drug-likeness (QED) is 0.746. The third-order valence-electron chi connectivity index (χ3n) is 2.13. The third-order valence-corrected chi connectivity index (χ3v) is 2.13. The van der Waals surface area contributed by atoms with Gasteiger partial charge in [-0.3, -0.25) is 0 Å². The number of carbonyl (C=O) groups is 1. The van der Waals surface area contributed by atoms with Crippen LogP contribution in [-0.4, -0.2) is 11.1 Å². The van der Waals surface area contributed by atoms with E-state index in [1.54, 1.807) is 12.2 Å². The summed E-state index contributed by atoms with van der Waals surface area (Å²) < 4.78 is 0. The Morgan fingerprint density at radius 2 is 2.29 bits per heavy atom. The first-order chi connectivity index (χ1) is 6.59. The Balaban J connectivity index is 2.56. The molecule has 0 amide bonds. The second-order valence-corrected chi connectivity index (χ2v) is 3.91. The Morgan fingerprint density at radius 1 is 1.57 bits per heavy atom. The van der Waals surface area contributed by atoms with Crippen LogP contribution in [0.5, 0.6) is 0 Å². The van der Waals surface area contributed by atoms with Crippen molar-refractivity contribution in [1.29, 1.82) is 0 Å². The highest BCUT2D eigenvalue weighted by molar-refractivity contribution is 5.90. The van der Waals surface area contributed by atoms with E-state index in [0.717, 1.165) is 12.8 Å². The van der Waals surface area contributed by atoms with Gasteiger partial charge in [-0.2, -0.15) is 0 Å². The van der Waals surface area contributed by atoms with E-state index in [-0.39, 0.29) is 0 Å². The number of hydrogen-bond donors (Lipinski definition) is 1. The maximum Gasteiger partial charge on any atom is 0.335 e. The lowest BCUT2D eigenvalue weighted by Crippen LogP contribution is -2.00. The number of aliphatic carboxylic acids is 1. The summed E-state index contributed by atoms with van der Waals surface area (Å²) in [6, 6.07) is 0. The Bertz CT molecular complexity index is 306. The molecule has 0 heterocycles. The third kappa shape index (κ3) is 3.21. The van der Waals surface area contributed by atoms with Gasteiger partial charge in [0, 0.05) is 0 Å². The van der Waals surface area contributed by atoms with Crippen molar-refractivity contribution in [3.05, 3.63) is 35.5 Å². The van der Waals surface area contributed by atoms with Crippen LogP contribution in [0.25, 0.3) is 0 Å². The van der Waals surface area contributed by atoms with E-state index in [9.17, 15) is 4.79 Å². The normalized spacial score (nSPS) is 18.8. The first-order valence-corrected chi connectivity index (χ1v) is 4.90. The van der Waals surface area contributed by atoms with Crippen molar-refractivity contribution in [3.63, 3.8) is 0 Å². The summed E-state index contributed by atoms with van der Waals surface area (Å²) in [5.74, 6) is -0.190. The highest BCUT2D eigenvalue weighted by Crippen LogP contribution is 2.17. The maximum atomic E-state index is 10.6. The molecule has 0 bridgehead atoms. The van der Waals surface area contributed by atoms with Crippen molar-refractivity contribution >= 4 is 5.97 Å². The Morgan fingerprint density at radius 3 is 2.71 bits per heavy atom. The molecule has 2 nitrogen and oxygen atoms in total. The molecule has 0 radical (unpaired) electrons. The molecule has 0 aromatic carbocycles. The minimum absolute atomic E-state index is 0.395. The van der Waals surface area contributed by atoms with E-state index in [1.165, 1.54) is 5.57 Å². The predicted octanol–water partition coefficient (Wildman–Crippen LogP) is 2.93. The molecule has 0 unspecified atom stereocenters. The van der Waals surface area contributed by atoms with Gasteiger partial charge in [0.15, 0.2) is 0 Å². The van der Waals surface area contributed by atoms with E-state index in [2.05, 4.69) is 19.9 Å². The number of allylic oxidation sites excluding steroid dienone is 4. The minimum atomic E-state index is -0.843. The van der Waals surface area contributed by atoms with E-state index >= 15 is 0 Å². The fourth-order valence-corrected chi connectivity index (χ4v) is 1.26. The van der Waals surface area contributed by atoms with Crippen LogP contribution >= 0.6 is 0 Å². The molecule has 1 rings (SSSR count). The lowest BCUT2D eigenvalue weighted by molar-refractivity contribution is -0.132. The molecule has 0 aromatic rings. The zero-order valence-corrected chi connectivity index (χ0v) is 8.66. The van der Waals surface area contributed by atoms with Gasteiger partial charge in [-0.15, -0.1) is 0 Å². The molecule has 0 spiro atoms. The lowest BCUT2D eigenvalue weighted by Gasteiger charge is -2.06. The Labute approximate surface area is 84.6 Å². The van der Waals surface area contributed by atoms with Gasteiger partial charge < -0.3 is 5.11 Å². The predicted molar refractivity (Wildman–Crippen MR) is 57.0 cm³/mol. The first kappa shape index (κ1) is 10.8. The Kier molecular flexibility index (Phi) is 3.69. The molecule has 14 heavy (non-hydrogen) atoms. The first-order valence-electron chi connectivity index (χ1n) is 4.90. The molecule has 1 aliphatic carbocycles. The van der Waals surface area contributed by atoms with Crippen molar-refractivity contribution < 1.29 is 9.90 Å². The van der Waals surface area contributed by atoms with Crippen LogP contribution < -0.4 is 0 Å². The van der Waals surface area contributed by atoms with E-state index in [4.69, 9.17) is 5.11 Å². The fraction of sp³-hybridized carbons (Fsp3) is 0.417. The molecular weight excluding hydrogens is 176 g/mol. The smallest absolute Gasteiger partial charge is 0.335 e. The van der Waals surface area contributed by atoms with Crippen molar-refractivity contribution in [2.75, 3.05) is 0 Å². The standard InChI is InChI=1S/C12H16O2/c1-9(2)3-4-10-5-7-11(8-6-10)12(13)14/h4-5,7-9H,3,6H2,1-2H3,(H,13,14). The SMILES string of the molecule is CC(C)CC=C1C=CC(C(=O)O)=CC1. The molecular formula is C12H16O2. The zero-order chi connectivity index (χ0) is 10.6. The van der Waals surface area contributed by atoms with Crippen LogP contribution in [0, 0.1) is 5.92 Å². The summed E-state index contributed by atoms with van der Waals surface area (Å²) in [6.07, 6.45) is 9.29. The van der Waals surface area contributed by atoms with Crippen LogP contribution in [0.4, 0.5) is 0 Å².